The number of aromatic nitrogens is 3. The lowest BCUT2D eigenvalue weighted by atomic mass is 9.86. The molecule has 1 aliphatic rings. The van der Waals surface area contributed by atoms with Crippen molar-refractivity contribution in [3.8, 4) is 0 Å². The van der Waals surface area contributed by atoms with Crippen molar-refractivity contribution in [2.24, 2.45) is 7.05 Å². The molecule has 1 unspecified atom stereocenters. The van der Waals surface area contributed by atoms with Crippen LogP contribution in [-0.4, -0.2) is 25.3 Å². The number of nitrogens with zero attached hydrogens (tertiary/aromatic N) is 3. The molecule has 2 aromatic carbocycles. The molecule has 5 nitrogen and oxygen atoms in total. The molecule has 0 aliphatic heterocycles. The number of fused-ring (bicyclic) bond motifs is 2. The van der Waals surface area contributed by atoms with Crippen LogP contribution in [0.5, 0.6) is 0 Å². The summed E-state index contributed by atoms with van der Waals surface area (Å²) in [5, 5.41) is 0.964. The average molecular weight is 384 g/mol. The number of imidazole rings is 1. The highest BCUT2D eigenvalue weighted by atomic mass is 16.2. The summed E-state index contributed by atoms with van der Waals surface area (Å²) in [6.07, 6.45) is 8.68. The first-order chi connectivity index (χ1) is 14.2. The summed E-state index contributed by atoms with van der Waals surface area (Å²) in [6.45, 7) is 0.487. The first kappa shape index (κ1) is 17.7. The van der Waals surface area contributed by atoms with Crippen LogP contribution in [0.1, 0.15) is 46.2 Å². The van der Waals surface area contributed by atoms with Gasteiger partial charge in [-0.15, -0.1) is 0 Å². The van der Waals surface area contributed by atoms with Crippen molar-refractivity contribution in [2.45, 2.75) is 31.8 Å². The van der Waals surface area contributed by atoms with Crippen LogP contribution >= 0.6 is 0 Å². The second kappa shape index (κ2) is 7.24. The van der Waals surface area contributed by atoms with Crippen molar-refractivity contribution >= 4 is 16.8 Å². The zero-order chi connectivity index (χ0) is 19.8. The molecule has 0 spiro atoms. The molecular weight excluding hydrogens is 360 g/mol. The molecule has 2 aromatic heterocycles. The normalized spacial score (nSPS) is 16.0. The Morgan fingerprint density at radius 3 is 2.90 bits per heavy atom. The Bertz CT molecular complexity index is 1170. The van der Waals surface area contributed by atoms with Crippen molar-refractivity contribution in [1.29, 1.82) is 0 Å². The zero-order valence-corrected chi connectivity index (χ0v) is 16.5. The third-order valence-electron chi connectivity index (χ3n) is 6.03. The monoisotopic (exact) mass is 384 g/mol. The molecule has 1 N–H and O–H groups in total. The molecule has 2 heterocycles. The Hall–Kier alpha value is -3.34. The van der Waals surface area contributed by atoms with Crippen LogP contribution < -0.4 is 0 Å². The average Bonchev–Trinajstić information content (AvgIpc) is 3.37. The molecule has 4 aromatic rings. The molecule has 146 valence electrons. The van der Waals surface area contributed by atoms with Crippen molar-refractivity contribution < 1.29 is 4.79 Å². The van der Waals surface area contributed by atoms with Crippen LogP contribution in [0.4, 0.5) is 0 Å². The number of amides is 1. The molecule has 5 heteroatoms. The number of hydrogen-bond donors (Lipinski definition) is 1. The van der Waals surface area contributed by atoms with E-state index in [-0.39, 0.29) is 11.9 Å². The molecule has 5 rings (SSSR count). The predicted octanol–water partition coefficient (Wildman–Crippen LogP) is 4.62. The van der Waals surface area contributed by atoms with Crippen LogP contribution in [0, 0.1) is 0 Å². The van der Waals surface area contributed by atoms with Gasteiger partial charge in [0.1, 0.15) is 5.82 Å². The highest BCUT2D eigenvalue weighted by Crippen LogP contribution is 2.36. The summed E-state index contributed by atoms with van der Waals surface area (Å²) in [5.74, 6) is 0.938. The number of rotatable bonds is 4. The minimum Gasteiger partial charge on any atom is -0.360 e. The Balaban J connectivity index is 1.59. The Labute approximate surface area is 170 Å². The number of aryl methyl sites for hydroxylation is 2. The van der Waals surface area contributed by atoms with E-state index in [0.29, 0.717) is 6.54 Å². The van der Waals surface area contributed by atoms with E-state index in [9.17, 15) is 4.79 Å². The zero-order valence-electron chi connectivity index (χ0n) is 16.5. The molecule has 1 atom stereocenters. The van der Waals surface area contributed by atoms with E-state index in [1.54, 1.807) is 6.20 Å². The fourth-order valence-electron chi connectivity index (χ4n) is 4.48. The number of carbonyl (C=O) groups is 1. The number of para-hydroxylation sites is 1. The molecule has 0 radical (unpaired) electrons. The van der Waals surface area contributed by atoms with Crippen molar-refractivity contribution in [2.75, 3.05) is 0 Å². The Kier molecular flexibility index (Phi) is 4.43. The predicted molar refractivity (Wildman–Crippen MR) is 114 cm³/mol. The van der Waals surface area contributed by atoms with Crippen molar-refractivity contribution in [1.82, 2.24) is 19.4 Å². The maximum absolute atomic E-state index is 13.8. The maximum atomic E-state index is 13.8. The van der Waals surface area contributed by atoms with Gasteiger partial charge in [-0.25, -0.2) is 4.98 Å². The number of aromatic amines is 1. The van der Waals surface area contributed by atoms with Gasteiger partial charge in [-0.05, 0) is 36.5 Å². The summed E-state index contributed by atoms with van der Waals surface area (Å²) in [7, 11) is 1.98. The lowest BCUT2D eigenvalue weighted by molar-refractivity contribution is 0.0632. The van der Waals surface area contributed by atoms with Crippen LogP contribution in [0.15, 0.2) is 67.1 Å². The van der Waals surface area contributed by atoms with Crippen LogP contribution in [0.3, 0.4) is 0 Å². The number of benzene rings is 2. The smallest absolute Gasteiger partial charge is 0.256 e. The number of nitrogens with one attached hydrogen (secondary N) is 1. The SMILES string of the molecule is Cn1ccnc1CN(C(=O)c1c[nH]c2ccccc12)C1CCCc2ccccc21. The first-order valence-electron chi connectivity index (χ1n) is 10.1. The minimum absolute atomic E-state index is 0.0483. The summed E-state index contributed by atoms with van der Waals surface area (Å²) >= 11 is 0. The summed E-state index contributed by atoms with van der Waals surface area (Å²) in [4.78, 5) is 23.6. The highest BCUT2D eigenvalue weighted by Gasteiger charge is 2.31. The van der Waals surface area contributed by atoms with Gasteiger partial charge in [0.25, 0.3) is 5.91 Å². The van der Waals surface area contributed by atoms with Gasteiger partial charge in [-0.2, -0.15) is 0 Å². The summed E-state index contributed by atoms with van der Waals surface area (Å²) < 4.78 is 1.99. The van der Waals surface area contributed by atoms with Gasteiger partial charge in [0.2, 0.25) is 0 Å². The Morgan fingerprint density at radius 1 is 1.21 bits per heavy atom. The van der Waals surface area contributed by atoms with E-state index in [2.05, 4.69) is 34.2 Å². The van der Waals surface area contributed by atoms with Gasteiger partial charge in [-0.3, -0.25) is 4.79 Å². The van der Waals surface area contributed by atoms with E-state index in [1.807, 2.05) is 53.2 Å². The fourth-order valence-corrected chi connectivity index (χ4v) is 4.48. The number of carbonyl (C=O) groups excluding carboxylic acids is 1. The van der Waals surface area contributed by atoms with Gasteiger partial charge >= 0.3 is 0 Å². The minimum atomic E-state index is 0.0483. The van der Waals surface area contributed by atoms with E-state index in [1.165, 1.54) is 11.1 Å². The van der Waals surface area contributed by atoms with Crippen molar-refractivity contribution in [3.05, 3.63) is 89.6 Å². The quantitative estimate of drug-likeness (QED) is 0.558. The molecule has 0 saturated carbocycles. The van der Waals surface area contributed by atoms with Gasteiger partial charge in [0, 0.05) is 36.5 Å². The maximum Gasteiger partial charge on any atom is 0.256 e. The topological polar surface area (TPSA) is 53.9 Å². The van der Waals surface area contributed by atoms with E-state index in [0.717, 1.165) is 41.6 Å². The lowest BCUT2D eigenvalue weighted by Crippen LogP contribution is -2.37. The van der Waals surface area contributed by atoms with Crippen molar-refractivity contribution in [3.63, 3.8) is 0 Å². The second-order valence-electron chi connectivity index (χ2n) is 7.74. The summed E-state index contributed by atoms with van der Waals surface area (Å²) in [5.41, 5.74) is 4.32. The molecule has 29 heavy (non-hydrogen) atoms. The molecular formula is C24H24N4O. The molecule has 0 fully saturated rings. The van der Waals surface area contributed by atoms with Crippen LogP contribution in [-0.2, 0) is 20.0 Å². The van der Waals surface area contributed by atoms with Gasteiger partial charge < -0.3 is 14.5 Å². The molecule has 0 bridgehead atoms. The second-order valence-corrected chi connectivity index (χ2v) is 7.74. The highest BCUT2D eigenvalue weighted by molar-refractivity contribution is 6.06. The molecule has 1 amide bonds. The third kappa shape index (κ3) is 3.12. The first-order valence-corrected chi connectivity index (χ1v) is 10.1. The molecule has 1 aliphatic carbocycles. The number of hydrogen-bond acceptors (Lipinski definition) is 2. The lowest BCUT2D eigenvalue weighted by Gasteiger charge is -2.36. The van der Waals surface area contributed by atoms with E-state index < -0.39 is 0 Å². The third-order valence-corrected chi connectivity index (χ3v) is 6.03. The van der Waals surface area contributed by atoms with E-state index >= 15 is 0 Å². The standard InChI is InChI=1S/C24H24N4O/c1-27-14-13-25-23(27)16-28(22-12-6-8-17-7-2-3-9-18(17)22)24(29)20-15-26-21-11-5-4-10-19(20)21/h2-5,7,9-11,13-15,22,26H,6,8,12,16H2,1H3. The Morgan fingerprint density at radius 2 is 2.03 bits per heavy atom. The van der Waals surface area contributed by atoms with Gasteiger partial charge in [-0.1, -0.05) is 42.5 Å². The van der Waals surface area contributed by atoms with Gasteiger partial charge in [0.15, 0.2) is 0 Å². The van der Waals surface area contributed by atoms with E-state index in [4.69, 9.17) is 0 Å². The fraction of sp³-hybridized carbons (Fsp3) is 0.250. The summed E-state index contributed by atoms with van der Waals surface area (Å²) in [6, 6.07) is 16.6. The van der Waals surface area contributed by atoms with Gasteiger partial charge in [0.05, 0.1) is 18.2 Å². The number of H-pyrrole nitrogens is 1. The van der Waals surface area contributed by atoms with Crippen LogP contribution in [0.2, 0.25) is 0 Å². The molecule has 0 saturated heterocycles. The largest absolute Gasteiger partial charge is 0.360 e. The van der Waals surface area contributed by atoms with Crippen LogP contribution in [0.25, 0.3) is 10.9 Å².